The van der Waals surface area contributed by atoms with E-state index in [1.54, 1.807) is 43.5 Å². The molecule has 3 rings (SSSR count). The van der Waals surface area contributed by atoms with Crippen LogP contribution in [0.1, 0.15) is 15.2 Å². The van der Waals surface area contributed by atoms with Gasteiger partial charge in [0.25, 0.3) is 5.91 Å². The van der Waals surface area contributed by atoms with Crippen molar-refractivity contribution in [2.45, 2.75) is 13.5 Å². The van der Waals surface area contributed by atoms with Crippen LogP contribution < -0.4 is 14.8 Å². The molecule has 0 radical (unpaired) electrons. The third-order valence-corrected chi connectivity index (χ3v) is 4.61. The lowest BCUT2D eigenvalue weighted by molar-refractivity contribution is -0.0498. The standard InChI is InChI=1S/C19H16F2N2O3S/c1-11-16(12-3-9-15(10-4-12)26-18(20)21)22-19(27-11)23-17(24)13-5-7-14(25-2)8-6-13/h3-10,18H,1-2H3,(H,22,23,24). The summed E-state index contributed by atoms with van der Waals surface area (Å²) < 4.78 is 33.9. The molecule has 0 bridgehead atoms. The van der Waals surface area contributed by atoms with Gasteiger partial charge in [0.1, 0.15) is 11.5 Å². The molecule has 0 aliphatic rings. The second-order valence-corrected chi connectivity index (χ2v) is 6.71. The van der Waals surface area contributed by atoms with E-state index in [4.69, 9.17) is 4.74 Å². The Labute approximate surface area is 158 Å². The van der Waals surface area contributed by atoms with E-state index in [-0.39, 0.29) is 11.7 Å². The summed E-state index contributed by atoms with van der Waals surface area (Å²) in [5.41, 5.74) is 1.91. The van der Waals surface area contributed by atoms with E-state index in [9.17, 15) is 13.6 Å². The van der Waals surface area contributed by atoms with Crippen LogP contribution >= 0.6 is 11.3 Å². The first-order chi connectivity index (χ1) is 13.0. The highest BCUT2D eigenvalue weighted by Crippen LogP contribution is 2.31. The highest BCUT2D eigenvalue weighted by atomic mass is 32.1. The van der Waals surface area contributed by atoms with Crippen molar-refractivity contribution in [3.8, 4) is 22.8 Å². The van der Waals surface area contributed by atoms with E-state index >= 15 is 0 Å². The molecule has 3 aromatic rings. The summed E-state index contributed by atoms with van der Waals surface area (Å²) >= 11 is 1.34. The van der Waals surface area contributed by atoms with Gasteiger partial charge in [-0.2, -0.15) is 8.78 Å². The van der Waals surface area contributed by atoms with E-state index in [0.29, 0.717) is 22.1 Å². The van der Waals surface area contributed by atoms with Gasteiger partial charge in [0.2, 0.25) is 0 Å². The number of carbonyl (C=O) groups is 1. The normalized spacial score (nSPS) is 10.7. The number of rotatable bonds is 6. The minimum atomic E-state index is -2.86. The van der Waals surface area contributed by atoms with Gasteiger partial charge in [-0.25, -0.2) is 4.98 Å². The van der Waals surface area contributed by atoms with Crippen LogP contribution in [0.3, 0.4) is 0 Å². The molecule has 0 atom stereocenters. The highest BCUT2D eigenvalue weighted by Gasteiger charge is 2.14. The van der Waals surface area contributed by atoms with Crippen LogP contribution in [0.25, 0.3) is 11.3 Å². The molecule has 1 heterocycles. The lowest BCUT2D eigenvalue weighted by atomic mass is 10.1. The number of halogens is 2. The van der Waals surface area contributed by atoms with E-state index < -0.39 is 6.61 Å². The monoisotopic (exact) mass is 390 g/mol. The maximum Gasteiger partial charge on any atom is 0.387 e. The minimum Gasteiger partial charge on any atom is -0.497 e. The number of thiazole rings is 1. The number of carbonyl (C=O) groups excluding carboxylic acids is 1. The van der Waals surface area contributed by atoms with Crippen LogP contribution in [0.15, 0.2) is 48.5 Å². The Hall–Kier alpha value is -3.00. The molecular weight excluding hydrogens is 374 g/mol. The fourth-order valence-corrected chi connectivity index (χ4v) is 3.25. The van der Waals surface area contributed by atoms with Gasteiger partial charge in [-0.1, -0.05) is 0 Å². The smallest absolute Gasteiger partial charge is 0.387 e. The Balaban J connectivity index is 1.74. The molecule has 1 N–H and O–H groups in total. The Morgan fingerprint density at radius 2 is 1.70 bits per heavy atom. The zero-order valence-electron chi connectivity index (χ0n) is 14.5. The van der Waals surface area contributed by atoms with E-state index in [1.165, 1.54) is 23.5 Å². The first-order valence-corrected chi connectivity index (χ1v) is 8.76. The number of hydrogen-bond donors (Lipinski definition) is 1. The van der Waals surface area contributed by atoms with Crippen molar-refractivity contribution in [2.75, 3.05) is 12.4 Å². The summed E-state index contributed by atoms with van der Waals surface area (Å²) in [5.74, 6) is 0.464. The number of anilines is 1. The van der Waals surface area contributed by atoms with Gasteiger partial charge in [0, 0.05) is 16.0 Å². The summed E-state index contributed by atoms with van der Waals surface area (Å²) in [7, 11) is 1.56. The van der Waals surface area contributed by atoms with E-state index in [0.717, 1.165) is 10.4 Å². The fraction of sp³-hybridized carbons (Fsp3) is 0.158. The number of aromatic nitrogens is 1. The third-order valence-electron chi connectivity index (χ3n) is 3.72. The topological polar surface area (TPSA) is 60.5 Å². The molecule has 0 saturated carbocycles. The predicted molar refractivity (Wildman–Crippen MR) is 99.9 cm³/mol. The number of aryl methyl sites for hydroxylation is 1. The molecule has 5 nitrogen and oxygen atoms in total. The molecule has 140 valence electrons. The minimum absolute atomic E-state index is 0.0784. The van der Waals surface area contributed by atoms with Gasteiger partial charge in [0.15, 0.2) is 5.13 Å². The summed E-state index contributed by atoms with van der Waals surface area (Å²) in [4.78, 5) is 17.7. The molecule has 0 unspecified atom stereocenters. The number of benzene rings is 2. The van der Waals surface area contributed by atoms with Crippen molar-refractivity contribution in [1.29, 1.82) is 0 Å². The molecule has 1 aromatic heterocycles. The van der Waals surface area contributed by atoms with Gasteiger partial charge in [-0.15, -0.1) is 11.3 Å². The molecular formula is C19H16F2N2O3S. The second kappa shape index (κ2) is 8.13. The summed E-state index contributed by atoms with van der Waals surface area (Å²) in [6.07, 6.45) is 0. The Kier molecular flexibility index (Phi) is 5.66. The number of methoxy groups -OCH3 is 1. The van der Waals surface area contributed by atoms with Crippen molar-refractivity contribution in [1.82, 2.24) is 4.98 Å². The third kappa shape index (κ3) is 4.59. The molecule has 2 aromatic carbocycles. The molecule has 0 aliphatic carbocycles. The number of nitrogens with zero attached hydrogens (tertiary/aromatic N) is 1. The lowest BCUT2D eigenvalue weighted by Gasteiger charge is -2.05. The zero-order valence-corrected chi connectivity index (χ0v) is 15.3. The van der Waals surface area contributed by atoms with Crippen LogP contribution in [0.5, 0.6) is 11.5 Å². The van der Waals surface area contributed by atoms with Crippen molar-refractivity contribution >= 4 is 22.4 Å². The average molecular weight is 390 g/mol. The van der Waals surface area contributed by atoms with Gasteiger partial charge >= 0.3 is 6.61 Å². The molecule has 1 amide bonds. The van der Waals surface area contributed by atoms with Crippen molar-refractivity contribution < 1.29 is 23.0 Å². The van der Waals surface area contributed by atoms with Crippen molar-refractivity contribution in [3.05, 3.63) is 59.0 Å². The van der Waals surface area contributed by atoms with Gasteiger partial charge < -0.3 is 9.47 Å². The summed E-state index contributed by atoms with van der Waals surface area (Å²) in [5, 5.41) is 3.22. The predicted octanol–water partition coefficient (Wildman–Crippen LogP) is 4.98. The van der Waals surface area contributed by atoms with Crippen LogP contribution in [0.2, 0.25) is 0 Å². The first kappa shape index (κ1) is 18.8. The Morgan fingerprint density at radius 1 is 1.07 bits per heavy atom. The van der Waals surface area contributed by atoms with Gasteiger partial charge in [0.05, 0.1) is 12.8 Å². The zero-order chi connectivity index (χ0) is 19.4. The lowest BCUT2D eigenvalue weighted by Crippen LogP contribution is -2.11. The molecule has 0 aliphatic heterocycles. The van der Waals surface area contributed by atoms with Crippen LogP contribution in [0, 0.1) is 6.92 Å². The molecule has 0 fully saturated rings. The Morgan fingerprint density at radius 3 is 2.30 bits per heavy atom. The van der Waals surface area contributed by atoms with E-state index in [1.807, 2.05) is 6.92 Å². The number of alkyl halides is 2. The summed E-state index contributed by atoms with van der Waals surface area (Å²) in [6, 6.07) is 12.9. The number of nitrogens with one attached hydrogen (secondary N) is 1. The second-order valence-electron chi connectivity index (χ2n) is 5.51. The molecule has 0 spiro atoms. The SMILES string of the molecule is COc1ccc(C(=O)Nc2nc(-c3ccc(OC(F)F)cc3)c(C)s2)cc1. The van der Waals surface area contributed by atoms with Gasteiger partial charge in [-0.05, 0) is 55.5 Å². The number of hydrogen-bond acceptors (Lipinski definition) is 5. The first-order valence-electron chi connectivity index (χ1n) is 7.94. The maximum absolute atomic E-state index is 12.3. The molecule has 27 heavy (non-hydrogen) atoms. The van der Waals surface area contributed by atoms with E-state index in [2.05, 4.69) is 15.0 Å². The van der Waals surface area contributed by atoms with Crippen LogP contribution in [-0.2, 0) is 0 Å². The van der Waals surface area contributed by atoms with Crippen LogP contribution in [-0.4, -0.2) is 24.6 Å². The average Bonchev–Trinajstić information content (AvgIpc) is 3.02. The highest BCUT2D eigenvalue weighted by molar-refractivity contribution is 7.16. The molecule has 8 heteroatoms. The van der Waals surface area contributed by atoms with Crippen molar-refractivity contribution in [3.63, 3.8) is 0 Å². The van der Waals surface area contributed by atoms with Crippen LogP contribution in [0.4, 0.5) is 13.9 Å². The fourth-order valence-electron chi connectivity index (χ4n) is 2.42. The maximum atomic E-state index is 12.3. The quantitative estimate of drug-likeness (QED) is 0.645. The van der Waals surface area contributed by atoms with Crippen molar-refractivity contribution in [2.24, 2.45) is 0 Å². The number of amides is 1. The number of ether oxygens (including phenoxy) is 2. The molecule has 0 saturated heterocycles. The largest absolute Gasteiger partial charge is 0.497 e. The Bertz CT molecular complexity index is 925. The van der Waals surface area contributed by atoms with Gasteiger partial charge in [-0.3, -0.25) is 10.1 Å². The summed E-state index contributed by atoms with van der Waals surface area (Å²) in [6.45, 7) is -0.990.